The Labute approximate surface area is 249 Å². The van der Waals surface area contributed by atoms with E-state index < -0.39 is 41.2 Å². The summed E-state index contributed by atoms with van der Waals surface area (Å²) in [5.74, 6) is -2.30. The van der Waals surface area contributed by atoms with Gasteiger partial charge in [0, 0.05) is 30.5 Å². The number of halogens is 1. The highest BCUT2D eigenvalue weighted by molar-refractivity contribution is 9.09. The molecular weight excluding hydrogens is 574 g/mol. The average molecular weight is 625 g/mol. The zero-order valence-corrected chi connectivity index (χ0v) is 27.2. The SMILES string of the molecule is C=CCN(C)C(=O)[C@H]1[C@H]2C(=O)N([C@@H](CO)[C@@H](C)CC)C(C(=O)N(CC=C)C(C)(C)CC(C)(C)C)C23CC(Br)[C@@H]1O3. The van der Waals surface area contributed by atoms with Gasteiger partial charge in [-0.15, -0.1) is 13.2 Å². The van der Waals surface area contributed by atoms with Crippen molar-refractivity contribution in [2.24, 2.45) is 23.2 Å². The number of hydrogen-bond donors (Lipinski definition) is 1. The molecule has 226 valence electrons. The maximum Gasteiger partial charge on any atom is 0.249 e. The maximum atomic E-state index is 14.9. The van der Waals surface area contributed by atoms with Crippen LogP contribution in [0.25, 0.3) is 0 Å². The number of fused-ring (bicyclic) bond motifs is 1. The predicted octanol–water partition coefficient (Wildman–Crippen LogP) is 4.02. The summed E-state index contributed by atoms with van der Waals surface area (Å²) in [5.41, 5.74) is -1.79. The van der Waals surface area contributed by atoms with Crippen LogP contribution in [0.1, 0.15) is 67.7 Å². The quantitative estimate of drug-likeness (QED) is 0.262. The van der Waals surface area contributed by atoms with Crippen molar-refractivity contribution >= 4 is 33.7 Å². The molecule has 1 N–H and O–H groups in total. The van der Waals surface area contributed by atoms with Gasteiger partial charge in [-0.3, -0.25) is 14.4 Å². The second kappa shape index (κ2) is 11.9. The van der Waals surface area contributed by atoms with Crippen molar-refractivity contribution in [3.05, 3.63) is 25.3 Å². The van der Waals surface area contributed by atoms with E-state index in [4.69, 9.17) is 4.74 Å². The summed E-state index contributed by atoms with van der Waals surface area (Å²) in [6.45, 7) is 22.6. The Kier molecular flexibility index (Phi) is 9.74. The summed E-state index contributed by atoms with van der Waals surface area (Å²) in [7, 11) is 1.70. The van der Waals surface area contributed by atoms with Gasteiger partial charge in [-0.05, 0) is 38.0 Å². The summed E-state index contributed by atoms with van der Waals surface area (Å²) < 4.78 is 6.70. The number of aliphatic hydroxyl groups excluding tert-OH is 1. The number of nitrogens with zero attached hydrogens (tertiary/aromatic N) is 3. The second-order valence-electron chi connectivity index (χ2n) is 13.8. The van der Waals surface area contributed by atoms with Gasteiger partial charge in [0.2, 0.25) is 17.7 Å². The van der Waals surface area contributed by atoms with E-state index in [1.54, 1.807) is 29.0 Å². The molecule has 3 aliphatic rings. The first-order valence-electron chi connectivity index (χ1n) is 14.6. The van der Waals surface area contributed by atoms with Crippen LogP contribution in [0.3, 0.4) is 0 Å². The predicted molar refractivity (Wildman–Crippen MR) is 161 cm³/mol. The molecule has 1 spiro atoms. The molecule has 0 aromatic rings. The summed E-state index contributed by atoms with van der Waals surface area (Å²) in [5, 5.41) is 10.6. The van der Waals surface area contributed by atoms with Gasteiger partial charge in [-0.1, -0.05) is 69.1 Å². The fourth-order valence-electron chi connectivity index (χ4n) is 7.64. The largest absolute Gasteiger partial charge is 0.394 e. The molecule has 3 unspecified atom stereocenters. The highest BCUT2D eigenvalue weighted by Gasteiger charge is 2.77. The number of amides is 3. The first-order valence-corrected chi connectivity index (χ1v) is 15.5. The number of carbonyl (C=O) groups is 3. The number of alkyl halides is 1. The summed E-state index contributed by atoms with van der Waals surface area (Å²) in [4.78, 5) is 48.0. The van der Waals surface area contributed by atoms with Gasteiger partial charge in [-0.2, -0.15) is 0 Å². The van der Waals surface area contributed by atoms with Crippen molar-refractivity contribution in [1.82, 2.24) is 14.7 Å². The summed E-state index contributed by atoms with van der Waals surface area (Å²) >= 11 is 3.75. The van der Waals surface area contributed by atoms with Crippen LogP contribution in [0.15, 0.2) is 25.3 Å². The molecule has 2 bridgehead atoms. The molecule has 3 heterocycles. The lowest BCUT2D eigenvalue weighted by atomic mass is 9.70. The second-order valence-corrected chi connectivity index (χ2v) is 15.0. The number of carbonyl (C=O) groups excluding carboxylic acids is 3. The van der Waals surface area contributed by atoms with Gasteiger partial charge < -0.3 is 24.5 Å². The fourth-order valence-corrected chi connectivity index (χ4v) is 8.59. The zero-order valence-electron chi connectivity index (χ0n) is 25.7. The number of aliphatic hydroxyl groups is 1. The van der Waals surface area contributed by atoms with Crippen molar-refractivity contribution < 1.29 is 24.2 Å². The minimum atomic E-state index is -1.18. The van der Waals surface area contributed by atoms with Gasteiger partial charge in [0.15, 0.2) is 0 Å². The normalized spacial score (nSPS) is 31.1. The number of rotatable bonds is 12. The first-order chi connectivity index (χ1) is 18.5. The molecule has 9 heteroatoms. The van der Waals surface area contributed by atoms with Gasteiger partial charge in [0.05, 0.1) is 30.6 Å². The monoisotopic (exact) mass is 623 g/mol. The highest BCUT2D eigenvalue weighted by Crippen LogP contribution is 2.61. The van der Waals surface area contributed by atoms with E-state index in [-0.39, 0.29) is 40.5 Å². The molecule has 3 saturated heterocycles. The van der Waals surface area contributed by atoms with Crippen molar-refractivity contribution in [3.8, 4) is 0 Å². The number of ether oxygens (including phenoxy) is 1. The third kappa shape index (κ3) is 5.54. The van der Waals surface area contributed by atoms with Crippen molar-refractivity contribution in [2.45, 2.75) is 102 Å². The molecule has 40 heavy (non-hydrogen) atoms. The standard InChI is InChI=1S/C31H50BrN3O5/c1-11-14-33(10)26(37)22-23-27(38)35(21(17-36)19(4)13-3)25(31(23)16-20(32)24(22)40-31)28(39)34(15-12-2)30(8,9)18-29(5,6)7/h11-12,19-25,36H,1-2,13-18H2,3-10H3/t19-,20?,21-,22-,23-,24-,25?,31?/m0/s1. The van der Waals surface area contributed by atoms with Crippen molar-refractivity contribution in [3.63, 3.8) is 0 Å². The van der Waals surface area contributed by atoms with E-state index in [1.165, 1.54) is 0 Å². The van der Waals surface area contributed by atoms with Crippen LogP contribution in [-0.4, -0.2) is 98.4 Å². The van der Waals surface area contributed by atoms with Crippen LogP contribution in [0.2, 0.25) is 0 Å². The van der Waals surface area contributed by atoms with E-state index in [0.29, 0.717) is 25.9 Å². The maximum absolute atomic E-state index is 14.9. The van der Waals surface area contributed by atoms with Gasteiger partial charge in [-0.25, -0.2) is 0 Å². The summed E-state index contributed by atoms with van der Waals surface area (Å²) in [6.07, 6.45) is 4.71. The van der Waals surface area contributed by atoms with Gasteiger partial charge >= 0.3 is 0 Å². The molecule has 8 nitrogen and oxygen atoms in total. The van der Waals surface area contributed by atoms with Crippen LogP contribution < -0.4 is 0 Å². The van der Waals surface area contributed by atoms with Gasteiger partial charge in [0.25, 0.3) is 0 Å². The molecule has 3 rings (SSSR count). The Bertz CT molecular complexity index is 1010. The molecule has 3 fully saturated rings. The first kappa shape index (κ1) is 32.8. The van der Waals surface area contributed by atoms with Crippen molar-refractivity contribution in [2.75, 3.05) is 26.7 Å². The topological polar surface area (TPSA) is 90.4 Å². The molecular formula is C31H50BrN3O5. The Morgan fingerprint density at radius 2 is 1.80 bits per heavy atom. The molecule has 0 radical (unpaired) electrons. The highest BCUT2D eigenvalue weighted by atomic mass is 79.9. The Balaban J connectivity index is 2.20. The minimum absolute atomic E-state index is 0.0594. The number of hydrogen-bond acceptors (Lipinski definition) is 5. The molecule has 3 aliphatic heterocycles. The van der Waals surface area contributed by atoms with Crippen LogP contribution in [0.4, 0.5) is 0 Å². The smallest absolute Gasteiger partial charge is 0.249 e. The van der Waals surface area contributed by atoms with Crippen LogP contribution in [-0.2, 0) is 19.1 Å². The lowest BCUT2D eigenvalue weighted by Crippen LogP contribution is -2.63. The van der Waals surface area contributed by atoms with Crippen LogP contribution in [0.5, 0.6) is 0 Å². The van der Waals surface area contributed by atoms with E-state index in [2.05, 4.69) is 49.9 Å². The van der Waals surface area contributed by atoms with E-state index in [1.807, 2.05) is 32.6 Å². The van der Waals surface area contributed by atoms with E-state index >= 15 is 0 Å². The zero-order chi connectivity index (χ0) is 30.4. The summed E-state index contributed by atoms with van der Waals surface area (Å²) in [6, 6.07) is -1.55. The van der Waals surface area contributed by atoms with Crippen LogP contribution in [0, 0.1) is 23.2 Å². The number of likely N-dealkylation sites (N-methyl/N-ethyl adjacent to an activating group) is 1. The molecule has 8 atom stereocenters. The Hall–Kier alpha value is -1.71. The lowest BCUT2D eigenvalue weighted by Gasteiger charge is -2.47. The van der Waals surface area contributed by atoms with Gasteiger partial charge in [0.1, 0.15) is 11.6 Å². The minimum Gasteiger partial charge on any atom is -0.394 e. The van der Waals surface area contributed by atoms with E-state index in [9.17, 15) is 19.5 Å². The van der Waals surface area contributed by atoms with Crippen molar-refractivity contribution in [1.29, 1.82) is 0 Å². The molecule has 3 amide bonds. The molecule has 0 aliphatic carbocycles. The fraction of sp³-hybridized carbons (Fsp3) is 0.774. The Morgan fingerprint density at radius 1 is 1.20 bits per heavy atom. The third-order valence-electron chi connectivity index (χ3n) is 9.14. The number of likely N-dealkylation sites (tertiary alicyclic amines) is 1. The Morgan fingerprint density at radius 3 is 2.30 bits per heavy atom. The van der Waals surface area contributed by atoms with Crippen LogP contribution >= 0.6 is 15.9 Å². The molecule has 0 saturated carbocycles. The molecule has 0 aromatic carbocycles. The average Bonchev–Trinajstić information content (AvgIpc) is 3.44. The molecule has 0 aromatic heterocycles. The third-order valence-corrected chi connectivity index (χ3v) is 9.99. The van der Waals surface area contributed by atoms with E-state index in [0.717, 1.165) is 6.42 Å². The lowest BCUT2D eigenvalue weighted by molar-refractivity contribution is -0.157.